The molecule has 0 saturated heterocycles. The van der Waals surface area contributed by atoms with Crippen molar-refractivity contribution in [3.05, 3.63) is 65.7 Å². The SMILES string of the molecule is CCCC[C@H](NC(N)=O)C(=O)N[C@@H](CC(C)C)C(=O)N[C@@H](Cc1ccccc1)C(=O)N[C@@H](CCCC)C(=O)N[C@@H](Cc1ccc(O)cc1)C(=O)N[C@@H](CCCCNC(=O)[C@H](CO)NC(=O)[C@@H](CCCN=C(N)N)NC(=O)[C@H](CC(=O)O)NC(=O)[C@H](CS)NC(=O)[C@H](CC(=O)O)NC(=O)[C@@H](N)CC(=O)O)C(N)=O. The molecule has 40 heteroatoms. The van der Waals surface area contributed by atoms with Gasteiger partial charge in [0.05, 0.1) is 31.9 Å². The van der Waals surface area contributed by atoms with Crippen LogP contribution in [-0.4, -0.2) is 224 Å². The number of aliphatic hydroxyl groups excluding tert-OH is 1. The van der Waals surface area contributed by atoms with E-state index >= 15 is 0 Å². The molecule has 0 radical (unpaired) electrons. The molecule has 39 nitrogen and oxygen atoms in total. The second-order valence-electron chi connectivity index (χ2n) is 25.6. The number of carboxylic acids is 3. The largest absolute Gasteiger partial charge is 0.508 e. The number of benzene rings is 2. The quantitative estimate of drug-likeness (QED) is 0.0128. The highest BCUT2D eigenvalue weighted by atomic mass is 32.1. The number of hydrogen-bond acceptors (Lipinski definition) is 21. The van der Waals surface area contributed by atoms with E-state index in [-0.39, 0.29) is 94.9 Å². The van der Waals surface area contributed by atoms with E-state index in [9.17, 15) is 97.1 Å². The number of carbonyl (C=O) groups excluding carboxylic acids is 13. The molecule has 0 fully saturated rings. The van der Waals surface area contributed by atoms with Crippen LogP contribution >= 0.6 is 12.6 Å². The van der Waals surface area contributed by atoms with Crippen molar-refractivity contribution < 1.29 is 102 Å². The number of aromatic hydroxyl groups is 1. The molecule has 14 amide bonds. The normalized spacial score (nSPS) is 14.3. The van der Waals surface area contributed by atoms with Gasteiger partial charge in [-0.05, 0) is 80.5 Å². The number of phenolic OH excluding ortho intramolecular Hbond substituents is 1. The third kappa shape index (κ3) is 36.6. The molecule has 2 rings (SSSR count). The standard InChI is InChI=1S/C67H104N18O21S/c1-5-7-17-41(76-62(102)45(28-36-15-10-9-11-16-36)81-60(100)44(27-35(3)4)79-59(99)43(18-8-6-2)85-67(72)106)57(97)80-46(29-37-21-23-38(87)24-22-37)61(101)75-40(54(69)94)19-12-13-25-73-56(96)49(33-86)83-58(98)42(20-14-26-74-66(70)71)77-63(103)48(32-53(92)93)82-65(105)50(34-107)84-64(104)47(31-52(90)91)78-55(95)39(68)30-51(88)89/h9-11,15-16,21-24,35,39-50,86-87,107H,5-8,12-14,17-20,25-34,68H2,1-4H3,(H2,69,94)(H,73,96)(H,75,101)(H,76,102)(H,77,103)(H,78,95)(H,79,99)(H,80,97)(H,81,100)(H,82,105)(H,83,98)(H,84,104)(H,88,89)(H,90,91)(H,92,93)(H4,70,71,74)(H3,72,85,106)/t39-,40-,41-,42+,43-,44-,45-,46-,47-,48-,49-,50-/m0/s1. The highest BCUT2D eigenvalue weighted by Crippen LogP contribution is 2.16. The Bertz CT molecular complexity index is 3370. The predicted octanol–water partition coefficient (Wildman–Crippen LogP) is -5.01. The van der Waals surface area contributed by atoms with Crippen LogP contribution in [0, 0.1) is 5.92 Å². The van der Waals surface area contributed by atoms with Gasteiger partial charge in [0.25, 0.3) is 0 Å². The fourth-order valence-electron chi connectivity index (χ4n) is 10.4. The fraction of sp³-hybridized carbons (Fsp3) is 0.567. The maximum atomic E-state index is 14.6. The first kappa shape index (κ1) is 92.2. The van der Waals surface area contributed by atoms with Gasteiger partial charge in [-0.25, -0.2) is 4.79 Å². The van der Waals surface area contributed by atoms with Crippen molar-refractivity contribution in [2.24, 2.45) is 39.6 Å². The number of unbranched alkanes of at least 4 members (excludes halogenated alkanes) is 3. The Labute approximate surface area is 622 Å². The number of primary amides is 2. The van der Waals surface area contributed by atoms with Gasteiger partial charge < -0.3 is 118 Å². The molecule has 107 heavy (non-hydrogen) atoms. The number of carbonyl (C=O) groups is 16. The summed E-state index contributed by atoms with van der Waals surface area (Å²) in [6.45, 7) is 6.01. The highest BCUT2D eigenvalue weighted by molar-refractivity contribution is 7.80. The first-order valence-corrected chi connectivity index (χ1v) is 35.3. The number of aliphatic carboxylic acids is 3. The van der Waals surface area contributed by atoms with E-state index in [0.717, 1.165) is 0 Å². The number of nitrogens with one attached hydrogen (secondary N) is 12. The smallest absolute Gasteiger partial charge is 0.312 e. The van der Waals surface area contributed by atoms with E-state index in [0.29, 0.717) is 36.8 Å². The lowest BCUT2D eigenvalue weighted by atomic mass is 9.99. The Kier molecular flexibility index (Phi) is 42.2. The van der Waals surface area contributed by atoms with Gasteiger partial charge in [-0.3, -0.25) is 76.9 Å². The van der Waals surface area contributed by atoms with Gasteiger partial charge in [0.1, 0.15) is 72.2 Å². The van der Waals surface area contributed by atoms with Crippen molar-refractivity contribution in [3.63, 3.8) is 0 Å². The van der Waals surface area contributed by atoms with Gasteiger partial charge in [-0.2, -0.15) is 12.6 Å². The number of nitrogens with two attached hydrogens (primary N) is 5. The molecule has 0 aliphatic heterocycles. The van der Waals surface area contributed by atoms with E-state index in [4.69, 9.17) is 33.8 Å². The number of aliphatic imine (C=N–C) groups is 1. The maximum Gasteiger partial charge on any atom is 0.312 e. The molecule has 2 aromatic carbocycles. The van der Waals surface area contributed by atoms with Crippen molar-refractivity contribution in [1.29, 1.82) is 0 Å². The number of guanidine groups is 1. The van der Waals surface area contributed by atoms with Gasteiger partial charge >= 0.3 is 23.9 Å². The minimum atomic E-state index is -2.03. The predicted molar refractivity (Wildman–Crippen MR) is 388 cm³/mol. The summed E-state index contributed by atoms with van der Waals surface area (Å²) in [5.41, 5.74) is 28.6. The summed E-state index contributed by atoms with van der Waals surface area (Å²) in [6.07, 6.45) is -1.31. The molecule has 27 N–H and O–H groups in total. The van der Waals surface area contributed by atoms with Crippen molar-refractivity contribution >= 4 is 113 Å². The van der Waals surface area contributed by atoms with Crippen LogP contribution in [0.3, 0.4) is 0 Å². The average Bonchev–Trinajstić information content (AvgIpc) is 0.856. The topological polar surface area (TPSA) is 661 Å². The van der Waals surface area contributed by atoms with Crippen LogP contribution in [0.15, 0.2) is 59.6 Å². The Hall–Kier alpha value is -10.9. The van der Waals surface area contributed by atoms with Crippen LogP contribution < -0.4 is 92.5 Å². The number of hydrogen-bond donors (Lipinski definition) is 23. The Balaban J connectivity index is 2.34. The number of phenols is 1. The second kappa shape index (κ2) is 49.0. The third-order valence-electron chi connectivity index (χ3n) is 16.1. The molecule has 0 heterocycles. The van der Waals surface area contributed by atoms with E-state index in [2.05, 4.69) is 76.1 Å². The molecule has 0 saturated carbocycles. The Morgan fingerprint density at radius 3 is 1.26 bits per heavy atom. The summed E-state index contributed by atoms with van der Waals surface area (Å²) in [6, 6.07) is -5.34. The second-order valence-corrected chi connectivity index (χ2v) is 25.9. The molecule has 594 valence electrons. The third-order valence-corrected chi connectivity index (χ3v) is 16.4. The summed E-state index contributed by atoms with van der Waals surface area (Å²) >= 11 is 4.01. The molecular formula is C67H104N18O21S. The zero-order chi connectivity index (χ0) is 80.5. The van der Waals surface area contributed by atoms with Gasteiger partial charge in [0.2, 0.25) is 70.9 Å². The number of amides is 14. The summed E-state index contributed by atoms with van der Waals surface area (Å²) < 4.78 is 0. The van der Waals surface area contributed by atoms with E-state index in [1.807, 2.05) is 33.0 Å². The van der Waals surface area contributed by atoms with E-state index < -0.39 is 199 Å². The zero-order valence-corrected chi connectivity index (χ0v) is 61.0. The minimum Gasteiger partial charge on any atom is -0.508 e. The minimum absolute atomic E-state index is 0.0379. The lowest BCUT2D eigenvalue weighted by Crippen LogP contribution is -2.60. The van der Waals surface area contributed by atoms with Crippen molar-refractivity contribution in [2.45, 2.75) is 209 Å². The van der Waals surface area contributed by atoms with Crippen LogP contribution in [0.4, 0.5) is 4.79 Å². The summed E-state index contributed by atoms with van der Waals surface area (Å²) in [4.78, 5) is 215. The number of rotatable bonds is 52. The van der Waals surface area contributed by atoms with Gasteiger partial charge in [0.15, 0.2) is 5.96 Å². The van der Waals surface area contributed by atoms with Gasteiger partial charge in [-0.15, -0.1) is 0 Å². The molecule has 0 unspecified atom stereocenters. The maximum absolute atomic E-state index is 14.6. The van der Waals surface area contributed by atoms with Gasteiger partial charge in [-0.1, -0.05) is 95.8 Å². The fourth-order valence-corrected chi connectivity index (χ4v) is 10.7. The van der Waals surface area contributed by atoms with Gasteiger partial charge in [0, 0.05) is 31.7 Å². The molecule has 0 aliphatic rings. The van der Waals surface area contributed by atoms with E-state index in [1.165, 1.54) is 24.3 Å². The first-order chi connectivity index (χ1) is 50.5. The molecule has 0 bridgehead atoms. The van der Waals surface area contributed by atoms with Crippen LogP contribution in [0.2, 0.25) is 0 Å². The number of aliphatic hydroxyl groups is 1. The van der Waals surface area contributed by atoms with Crippen molar-refractivity contribution in [2.75, 3.05) is 25.4 Å². The molecule has 0 aliphatic carbocycles. The van der Waals surface area contributed by atoms with Crippen molar-refractivity contribution in [3.8, 4) is 5.75 Å². The number of nitrogens with zero attached hydrogens (tertiary/aromatic N) is 1. The lowest BCUT2D eigenvalue weighted by molar-refractivity contribution is -0.142. The number of carboxylic acid groups (broad SMARTS) is 3. The van der Waals surface area contributed by atoms with E-state index in [1.54, 1.807) is 30.3 Å². The monoisotopic (exact) mass is 1530 g/mol. The Morgan fingerprint density at radius 1 is 0.430 bits per heavy atom. The van der Waals surface area contributed by atoms with Crippen LogP contribution in [0.25, 0.3) is 0 Å². The van der Waals surface area contributed by atoms with Crippen LogP contribution in [0.5, 0.6) is 5.75 Å². The summed E-state index contributed by atoms with van der Waals surface area (Å²) in [5.74, 6) is -18.2. The zero-order valence-electron chi connectivity index (χ0n) is 60.1. The summed E-state index contributed by atoms with van der Waals surface area (Å²) in [5, 5.41) is 77.6. The summed E-state index contributed by atoms with van der Waals surface area (Å²) in [7, 11) is 0. The molecule has 0 aromatic heterocycles. The van der Waals surface area contributed by atoms with Crippen molar-refractivity contribution in [1.82, 2.24) is 63.8 Å². The molecule has 0 spiro atoms. The van der Waals surface area contributed by atoms with Crippen LogP contribution in [0.1, 0.15) is 135 Å². The Morgan fingerprint density at radius 2 is 0.813 bits per heavy atom. The number of thiol groups is 1. The molecular weight excluding hydrogens is 1420 g/mol. The number of urea groups is 1. The lowest BCUT2D eigenvalue weighted by Gasteiger charge is -2.28. The highest BCUT2D eigenvalue weighted by Gasteiger charge is 2.37. The van der Waals surface area contributed by atoms with Crippen LogP contribution in [-0.2, 0) is 84.8 Å². The molecule has 2 aromatic rings. The first-order valence-electron chi connectivity index (χ1n) is 34.7. The average molecular weight is 1530 g/mol. The molecule has 12 atom stereocenters.